The van der Waals surface area contributed by atoms with E-state index in [0.717, 1.165) is 16.6 Å². The summed E-state index contributed by atoms with van der Waals surface area (Å²) >= 11 is 4.57. The summed E-state index contributed by atoms with van der Waals surface area (Å²) < 4.78 is 0.838. The van der Waals surface area contributed by atoms with Crippen LogP contribution in [0.15, 0.2) is 27.6 Å². The van der Waals surface area contributed by atoms with Crippen molar-refractivity contribution < 1.29 is 4.79 Å². The van der Waals surface area contributed by atoms with Crippen LogP contribution in [0.1, 0.15) is 18.9 Å². The van der Waals surface area contributed by atoms with Crippen molar-refractivity contribution in [1.82, 2.24) is 4.98 Å². The number of rotatable bonds is 4. The van der Waals surface area contributed by atoms with E-state index in [1.165, 1.54) is 11.8 Å². The number of hydrogen-bond donors (Lipinski definition) is 1. The summed E-state index contributed by atoms with van der Waals surface area (Å²) in [6.45, 7) is 1.55. The smallest absolute Gasteiger partial charge is 0.255 e. The summed E-state index contributed by atoms with van der Waals surface area (Å²) in [4.78, 5) is 24.6. The predicted octanol–water partition coefficient (Wildman–Crippen LogP) is 2.82. The molecule has 0 aliphatic heterocycles. The lowest BCUT2D eigenvalue weighted by molar-refractivity contribution is -0.109. The predicted molar refractivity (Wildman–Crippen MR) is 71.6 cm³/mol. The van der Waals surface area contributed by atoms with E-state index < -0.39 is 0 Å². The van der Waals surface area contributed by atoms with Crippen molar-refractivity contribution in [2.75, 3.05) is 5.75 Å². The van der Waals surface area contributed by atoms with Crippen LogP contribution < -0.4 is 5.56 Å². The summed E-state index contributed by atoms with van der Waals surface area (Å²) in [6.07, 6.45) is 6.04. The van der Waals surface area contributed by atoms with E-state index in [9.17, 15) is 9.59 Å². The zero-order valence-electron chi connectivity index (χ0n) is 8.83. The molecule has 0 saturated heterocycles. The van der Waals surface area contributed by atoms with Crippen molar-refractivity contribution in [2.24, 2.45) is 0 Å². The molecule has 1 N–H and O–H groups in total. The van der Waals surface area contributed by atoms with Gasteiger partial charge in [-0.3, -0.25) is 9.59 Å². The molecule has 0 aliphatic rings. The Labute approximate surface area is 106 Å². The van der Waals surface area contributed by atoms with Crippen LogP contribution in [-0.4, -0.2) is 15.9 Å². The minimum absolute atomic E-state index is 0.112. The molecule has 1 aromatic heterocycles. The van der Waals surface area contributed by atoms with Gasteiger partial charge < -0.3 is 4.98 Å². The molecular formula is C11H12BrNO2S. The number of carbonyl (C=O) groups is 1. The molecule has 0 aromatic carbocycles. The van der Waals surface area contributed by atoms with Gasteiger partial charge in [0.25, 0.3) is 5.56 Å². The lowest BCUT2D eigenvalue weighted by Gasteiger charge is -1.94. The van der Waals surface area contributed by atoms with Gasteiger partial charge in [0.1, 0.15) is 0 Å². The fourth-order valence-electron chi connectivity index (χ4n) is 1.08. The van der Waals surface area contributed by atoms with Gasteiger partial charge in [0.15, 0.2) is 5.12 Å². The maximum atomic E-state index is 11.4. The summed E-state index contributed by atoms with van der Waals surface area (Å²) in [5, 5.41) is 0.119. The summed E-state index contributed by atoms with van der Waals surface area (Å²) in [5.74, 6) is 0.748. The van der Waals surface area contributed by atoms with Crippen LogP contribution in [0.4, 0.5) is 0 Å². The average molecular weight is 302 g/mol. The van der Waals surface area contributed by atoms with Crippen LogP contribution in [0.2, 0.25) is 0 Å². The van der Waals surface area contributed by atoms with Crippen LogP contribution in [0.5, 0.6) is 0 Å². The number of hydrogen-bond acceptors (Lipinski definition) is 3. The molecule has 0 saturated carbocycles. The SMILES string of the molecule is CC(=O)SCCC=Cc1cc(Br)c[nH]c1=O. The molecule has 5 heteroatoms. The van der Waals surface area contributed by atoms with Crippen molar-refractivity contribution in [3.63, 3.8) is 0 Å². The molecule has 0 atom stereocenters. The van der Waals surface area contributed by atoms with Gasteiger partial charge in [-0.1, -0.05) is 23.9 Å². The van der Waals surface area contributed by atoms with E-state index in [-0.39, 0.29) is 10.7 Å². The molecule has 16 heavy (non-hydrogen) atoms. The molecule has 0 radical (unpaired) electrons. The fraction of sp³-hybridized carbons (Fsp3) is 0.273. The molecule has 0 spiro atoms. The topological polar surface area (TPSA) is 49.9 Å². The number of nitrogens with one attached hydrogen (secondary N) is 1. The van der Waals surface area contributed by atoms with Crippen molar-refractivity contribution in [3.8, 4) is 0 Å². The van der Waals surface area contributed by atoms with Gasteiger partial charge in [0, 0.05) is 28.9 Å². The highest BCUT2D eigenvalue weighted by atomic mass is 79.9. The molecule has 3 nitrogen and oxygen atoms in total. The first-order valence-electron chi connectivity index (χ1n) is 4.77. The second-order valence-corrected chi connectivity index (χ2v) is 5.32. The second kappa shape index (κ2) is 6.70. The van der Waals surface area contributed by atoms with Crippen molar-refractivity contribution in [2.45, 2.75) is 13.3 Å². The summed E-state index contributed by atoms with van der Waals surface area (Å²) in [6, 6.07) is 1.76. The lowest BCUT2D eigenvalue weighted by Crippen LogP contribution is -2.07. The molecule has 0 amide bonds. The van der Waals surface area contributed by atoms with Gasteiger partial charge in [0.05, 0.1) is 0 Å². The minimum Gasteiger partial charge on any atom is -0.327 e. The van der Waals surface area contributed by atoms with E-state index in [1.807, 2.05) is 6.08 Å². The maximum absolute atomic E-state index is 11.4. The van der Waals surface area contributed by atoms with Gasteiger partial charge in [-0.25, -0.2) is 0 Å². The normalized spacial score (nSPS) is 10.9. The highest BCUT2D eigenvalue weighted by Gasteiger charge is 1.96. The summed E-state index contributed by atoms with van der Waals surface area (Å²) in [7, 11) is 0. The number of allylic oxidation sites excluding steroid dienone is 1. The molecule has 1 heterocycles. The summed E-state index contributed by atoms with van der Waals surface area (Å²) in [5.41, 5.74) is 0.501. The number of pyridine rings is 1. The number of halogens is 1. The first-order chi connectivity index (χ1) is 7.59. The number of carbonyl (C=O) groups excluding carboxylic acids is 1. The van der Waals surface area contributed by atoms with Gasteiger partial charge in [-0.05, 0) is 28.4 Å². The Bertz CT molecular complexity index is 454. The number of aromatic nitrogens is 1. The van der Waals surface area contributed by atoms with Crippen LogP contribution in [0, 0.1) is 0 Å². The van der Waals surface area contributed by atoms with Gasteiger partial charge in [-0.15, -0.1) is 0 Å². The molecule has 1 aromatic rings. The Kier molecular flexibility index (Phi) is 5.55. The van der Waals surface area contributed by atoms with E-state index in [4.69, 9.17) is 0 Å². The zero-order valence-corrected chi connectivity index (χ0v) is 11.2. The molecule has 0 bridgehead atoms. The van der Waals surface area contributed by atoms with E-state index in [2.05, 4.69) is 20.9 Å². The molecule has 0 unspecified atom stereocenters. The Balaban J connectivity index is 2.53. The monoisotopic (exact) mass is 301 g/mol. The van der Waals surface area contributed by atoms with Crippen molar-refractivity contribution >= 4 is 38.9 Å². The molecule has 0 aliphatic carbocycles. The highest BCUT2D eigenvalue weighted by Crippen LogP contribution is 2.09. The van der Waals surface area contributed by atoms with E-state index in [0.29, 0.717) is 5.56 Å². The third-order valence-electron chi connectivity index (χ3n) is 1.78. The molecule has 0 fully saturated rings. The van der Waals surface area contributed by atoms with Gasteiger partial charge in [0.2, 0.25) is 0 Å². The van der Waals surface area contributed by atoms with E-state index >= 15 is 0 Å². The Hall–Kier alpha value is -0.810. The molecular weight excluding hydrogens is 290 g/mol. The zero-order chi connectivity index (χ0) is 12.0. The highest BCUT2D eigenvalue weighted by molar-refractivity contribution is 9.10. The lowest BCUT2D eigenvalue weighted by atomic mass is 10.2. The minimum atomic E-state index is -0.112. The van der Waals surface area contributed by atoms with Crippen LogP contribution >= 0.6 is 27.7 Å². The molecule has 1 rings (SSSR count). The van der Waals surface area contributed by atoms with E-state index in [1.54, 1.807) is 25.3 Å². The Morgan fingerprint density at radius 2 is 2.38 bits per heavy atom. The van der Waals surface area contributed by atoms with Gasteiger partial charge >= 0.3 is 0 Å². The first kappa shape index (κ1) is 13.3. The third-order valence-corrected chi connectivity index (χ3v) is 3.09. The quantitative estimate of drug-likeness (QED) is 0.870. The number of H-pyrrole nitrogens is 1. The molecule has 86 valence electrons. The van der Waals surface area contributed by atoms with Crippen molar-refractivity contribution in [1.29, 1.82) is 0 Å². The number of thioether (sulfide) groups is 1. The average Bonchev–Trinajstić information content (AvgIpc) is 2.22. The number of aromatic amines is 1. The Morgan fingerprint density at radius 1 is 1.62 bits per heavy atom. The maximum Gasteiger partial charge on any atom is 0.255 e. The van der Waals surface area contributed by atoms with Crippen LogP contribution in [-0.2, 0) is 4.79 Å². The van der Waals surface area contributed by atoms with Gasteiger partial charge in [-0.2, -0.15) is 0 Å². The van der Waals surface area contributed by atoms with Crippen LogP contribution in [0.3, 0.4) is 0 Å². The third kappa shape index (κ3) is 4.81. The second-order valence-electron chi connectivity index (χ2n) is 3.13. The first-order valence-corrected chi connectivity index (χ1v) is 6.55. The Morgan fingerprint density at radius 3 is 3.06 bits per heavy atom. The van der Waals surface area contributed by atoms with Crippen LogP contribution in [0.25, 0.3) is 6.08 Å². The van der Waals surface area contributed by atoms with Crippen molar-refractivity contribution in [3.05, 3.63) is 38.7 Å². The standard InChI is InChI=1S/C11H12BrNO2S/c1-8(14)16-5-3-2-4-9-6-10(12)7-13-11(9)15/h2,4,6-7H,3,5H2,1H3,(H,13,15). The largest absolute Gasteiger partial charge is 0.327 e. The fourth-order valence-corrected chi connectivity index (χ4v) is 1.98.